The molecule has 0 saturated carbocycles. The van der Waals surface area contributed by atoms with E-state index in [0.717, 1.165) is 16.7 Å². The quantitative estimate of drug-likeness (QED) is 0.874. The Hall–Kier alpha value is -2.05. The molecule has 2 heterocycles. The second-order valence-corrected chi connectivity index (χ2v) is 5.51. The van der Waals surface area contributed by atoms with E-state index in [-0.39, 0.29) is 17.0 Å². The van der Waals surface area contributed by atoms with Gasteiger partial charge in [-0.3, -0.25) is 4.40 Å². The van der Waals surface area contributed by atoms with Crippen molar-refractivity contribution in [3.63, 3.8) is 0 Å². The van der Waals surface area contributed by atoms with Gasteiger partial charge in [0.15, 0.2) is 5.69 Å². The Bertz CT molecular complexity index is 681. The minimum Gasteiger partial charge on any atom is -0.477 e. The van der Waals surface area contributed by atoms with Gasteiger partial charge in [0.1, 0.15) is 5.65 Å². The first kappa shape index (κ1) is 14.4. The minimum absolute atomic E-state index is 0.181. The van der Waals surface area contributed by atoms with Crippen LogP contribution in [-0.4, -0.2) is 20.5 Å². The number of aromatic carboxylic acids is 1. The molecule has 0 saturated heterocycles. The van der Waals surface area contributed by atoms with E-state index < -0.39 is 23.1 Å². The number of aromatic nitrogens is 2. The smallest absolute Gasteiger partial charge is 0.417 e. The number of alkyl halides is 3. The number of hydrogen-bond donors (Lipinski definition) is 1. The summed E-state index contributed by atoms with van der Waals surface area (Å²) in [6.07, 6.45) is -3.77. The van der Waals surface area contributed by atoms with Crippen LogP contribution in [0.25, 0.3) is 5.65 Å². The summed E-state index contributed by atoms with van der Waals surface area (Å²) in [6.45, 7) is 5.27. The van der Waals surface area contributed by atoms with E-state index >= 15 is 0 Å². The van der Waals surface area contributed by atoms with Crippen LogP contribution in [0.2, 0.25) is 0 Å². The number of halogens is 3. The Morgan fingerprint density at radius 1 is 1.25 bits per heavy atom. The van der Waals surface area contributed by atoms with Crippen molar-refractivity contribution in [2.24, 2.45) is 0 Å². The number of carboxylic acids is 1. The topological polar surface area (TPSA) is 54.6 Å². The molecule has 0 aromatic carbocycles. The predicted molar refractivity (Wildman–Crippen MR) is 65.9 cm³/mol. The molecule has 4 nitrogen and oxygen atoms in total. The van der Waals surface area contributed by atoms with Crippen LogP contribution in [0.15, 0.2) is 18.3 Å². The second kappa shape index (κ2) is 4.22. The van der Waals surface area contributed by atoms with Crippen molar-refractivity contribution in [3.8, 4) is 0 Å². The van der Waals surface area contributed by atoms with E-state index in [1.54, 1.807) is 20.8 Å². The maximum atomic E-state index is 12.7. The monoisotopic (exact) mass is 286 g/mol. The van der Waals surface area contributed by atoms with Crippen LogP contribution in [0, 0.1) is 0 Å². The first-order chi connectivity index (χ1) is 9.01. The average molecular weight is 286 g/mol. The summed E-state index contributed by atoms with van der Waals surface area (Å²) >= 11 is 0. The molecule has 0 fully saturated rings. The van der Waals surface area contributed by atoms with Crippen molar-refractivity contribution in [1.29, 1.82) is 0 Å². The molecule has 2 aromatic rings. The summed E-state index contributed by atoms with van der Waals surface area (Å²) in [4.78, 5) is 15.5. The third kappa shape index (κ3) is 2.35. The van der Waals surface area contributed by atoms with Gasteiger partial charge in [0.05, 0.1) is 11.3 Å². The first-order valence-electron chi connectivity index (χ1n) is 5.85. The van der Waals surface area contributed by atoms with Crippen molar-refractivity contribution in [2.75, 3.05) is 0 Å². The number of rotatable bonds is 1. The van der Waals surface area contributed by atoms with Crippen LogP contribution in [0.3, 0.4) is 0 Å². The summed E-state index contributed by atoms with van der Waals surface area (Å²) in [5.74, 6) is -1.30. The van der Waals surface area contributed by atoms with E-state index in [1.165, 1.54) is 6.07 Å². The van der Waals surface area contributed by atoms with Gasteiger partial charge in [-0.25, -0.2) is 9.78 Å². The fraction of sp³-hybridized carbons (Fsp3) is 0.385. The molecule has 0 radical (unpaired) electrons. The molecule has 2 rings (SSSR count). The molecule has 0 spiro atoms. The molecule has 0 bridgehead atoms. The lowest BCUT2D eigenvalue weighted by Gasteiger charge is -2.16. The molecule has 0 unspecified atom stereocenters. The Morgan fingerprint density at radius 2 is 1.85 bits per heavy atom. The molecule has 7 heteroatoms. The lowest BCUT2D eigenvalue weighted by Crippen LogP contribution is -2.18. The van der Waals surface area contributed by atoms with Crippen LogP contribution < -0.4 is 0 Å². The summed E-state index contributed by atoms with van der Waals surface area (Å²) in [5.41, 5.74) is -1.30. The van der Waals surface area contributed by atoms with Crippen molar-refractivity contribution < 1.29 is 23.1 Å². The zero-order chi connectivity index (χ0) is 15.3. The number of imidazole rings is 1. The zero-order valence-corrected chi connectivity index (χ0v) is 11.1. The van der Waals surface area contributed by atoms with E-state index in [4.69, 9.17) is 0 Å². The van der Waals surface area contributed by atoms with E-state index in [9.17, 15) is 23.1 Å². The van der Waals surface area contributed by atoms with Crippen LogP contribution in [-0.2, 0) is 11.6 Å². The Kier molecular flexibility index (Phi) is 3.03. The third-order valence-electron chi connectivity index (χ3n) is 2.86. The highest BCUT2D eigenvalue weighted by Gasteiger charge is 2.33. The molecule has 0 amide bonds. The van der Waals surface area contributed by atoms with Crippen molar-refractivity contribution in [2.45, 2.75) is 32.4 Å². The number of carboxylic acid groups (broad SMARTS) is 1. The molecule has 1 N–H and O–H groups in total. The van der Waals surface area contributed by atoms with E-state index in [0.29, 0.717) is 0 Å². The van der Waals surface area contributed by atoms with Gasteiger partial charge in [-0.15, -0.1) is 0 Å². The van der Waals surface area contributed by atoms with Gasteiger partial charge in [-0.2, -0.15) is 13.2 Å². The molecular formula is C13H13F3N2O2. The van der Waals surface area contributed by atoms with Crippen molar-refractivity contribution >= 4 is 11.6 Å². The molecule has 0 aliphatic rings. The normalized spacial score (nSPS) is 12.9. The lowest BCUT2D eigenvalue weighted by atomic mass is 9.91. The van der Waals surface area contributed by atoms with Crippen LogP contribution in [0.1, 0.15) is 42.5 Å². The summed E-state index contributed by atoms with van der Waals surface area (Å²) in [7, 11) is 0. The van der Waals surface area contributed by atoms with Crippen molar-refractivity contribution in [3.05, 3.63) is 35.3 Å². The van der Waals surface area contributed by atoms with Crippen LogP contribution >= 0.6 is 0 Å². The van der Waals surface area contributed by atoms with Gasteiger partial charge in [0.2, 0.25) is 0 Å². The van der Waals surface area contributed by atoms with Gasteiger partial charge in [0.25, 0.3) is 0 Å². The number of carbonyl (C=O) groups is 1. The molecule has 20 heavy (non-hydrogen) atoms. The van der Waals surface area contributed by atoms with Gasteiger partial charge in [-0.05, 0) is 12.1 Å². The molecule has 0 aliphatic carbocycles. The zero-order valence-electron chi connectivity index (χ0n) is 11.1. The number of nitrogens with zero attached hydrogens (tertiary/aromatic N) is 2. The molecule has 108 valence electrons. The highest BCUT2D eigenvalue weighted by molar-refractivity contribution is 5.88. The summed E-state index contributed by atoms with van der Waals surface area (Å²) < 4.78 is 39.1. The van der Waals surface area contributed by atoms with Gasteiger partial charge in [0, 0.05) is 11.6 Å². The number of hydrogen-bond acceptors (Lipinski definition) is 2. The van der Waals surface area contributed by atoms with Crippen LogP contribution in [0.5, 0.6) is 0 Å². The maximum absolute atomic E-state index is 12.7. The third-order valence-corrected chi connectivity index (χ3v) is 2.86. The van der Waals surface area contributed by atoms with E-state index in [2.05, 4.69) is 4.98 Å². The molecular weight excluding hydrogens is 273 g/mol. The minimum atomic E-state index is -4.53. The molecule has 2 aromatic heterocycles. The number of fused-ring (bicyclic) bond motifs is 1. The summed E-state index contributed by atoms with van der Waals surface area (Å²) in [6, 6.07) is 2.06. The predicted octanol–water partition coefficient (Wildman–Crippen LogP) is 3.35. The number of pyridine rings is 1. The Morgan fingerprint density at radius 3 is 2.30 bits per heavy atom. The SMILES string of the molecule is CC(C)(C)c1nc2ccc(C(F)(F)F)cn2c1C(=O)O. The van der Waals surface area contributed by atoms with Crippen LogP contribution in [0.4, 0.5) is 13.2 Å². The first-order valence-corrected chi connectivity index (χ1v) is 5.85. The maximum Gasteiger partial charge on any atom is 0.417 e. The van der Waals surface area contributed by atoms with Gasteiger partial charge in [-0.1, -0.05) is 20.8 Å². The van der Waals surface area contributed by atoms with Gasteiger partial charge < -0.3 is 5.11 Å². The highest BCUT2D eigenvalue weighted by atomic mass is 19.4. The Labute approximate surface area is 112 Å². The van der Waals surface area contributed by atoms with Crippen molar-refractivity contribution in [1.82, 2.24) is 9.38 Å². The highest BCUT2D eigenvalue weighted by Crippen LogP contribution is 2.31. The second-order valence-electron chi connectivity index (χ2n) is 5.51. The molecule has 0 aliphatic heterocycles. The average Bonchev–Trinajstić information content (AvgIpc) is 2.65. The Balaban J connectivity index is 2.81. The fourth-order valence-electron chi connectivity index (χ4n) is 1.94. The summed E-state index contributed by atoms with van der Waals surface area (Å²) in [5, 5.41) is 9.27. The largest absolute Gasteiger partial charge is 0.477 e. The fourth-order valence-corrected chi connectivity index (χ4v) is 1.94. The standard InChI is InChI=1S/C13H13F3N2O2/c1-12(2,3)10-9(11(19)20)18-6-7(13(14,15)16)4-5-8(18)17-10/h4-6H,1-3H3,(H,19,20). The molecule has 0 atom stereocenters. The lowest BCUT2D eigenvalue weighted by molar-refractivity contribution is -0.137. The van der Waals surface area contributed by atoms with Gasteiger partial charge >= 0.3 is 12.1 Å². The van der Waals surface area contributed by atoms with E-state index in [1.807, 2.05) is 0 Å².